The van der Waals surface area contributed by atoms with Gasteiger partial charge in [-0.1, -0.05) is 90.5 Å². The minimum atomic E-state index is -6.32. The maximum absolute atomic E-state index is 13.7. The molecule has 0 saturated carbocycles. The van der Waals surface area contributed by atoms with Crippen LogP contribution >= 0.6 is 11.6 Å². The number of rotatable bonds is 13. The topological polar surface area (TPSA) is 66.8 Å². The Morgan fingerprint density at radius 1 is 0.765 bits per heavy atom. The number of sulfone groups is 1. The average Bonchev–Trinajstić information content (AvgIpc) is 3.04. The molecule has 0 aliphatic rings. The van der Waals surface area contributed by atoms with Gasteiger partial charge in [0.1, 0.15) is 5.75 Å². The van der Waals surface area contributed by atoms with Crippen molar-refractivity contribution in [2.24, 2.45) is 0 Å². The number of halogens is 10. The molecule has 276 valence electrons. The van der Waals surface area contributed by atoms with Gasteiger partial charge in [-0.3, -0.25) is 4.90 Å². The zero-order valence-electron chi connectivity index (χ0n) is 26.7. The van der Waals surface area contributed by atoms with E-state index in [1.807, 2.05) is 65.6 Å². The molecule has 5 nitrogen and oxygen atoms in total. The predicted octanol–water partition coefficient (Wildman–Crippen LogP) is 9.18. The van der Waals surface area contributed by atoms with E-state index in [9.17, 15) is 53.0 Å². The van der Waals surface area contributed by atoms with Crippen LogP contribution in [-0.4, -0.2) is 56.7 Å². The largest absolute Gasteiger partial charge is 0.494 e. The quantitative estimate of drug-likeness (QED) is 0.109. The van der Waals surface area contributed by atoms with E-state index in [2.05, 4.69) is 0 Å². The van der Waals surface area contributed by atoms with Crippen molar-refractivity contribution >= 4 is 21.4 Å². The third-order valence-corrected chi connectivity index (χ3v) is 9.66. The van der Waals surface area contributed by atoms with E-state index >= 15 is 0 Å². The molecule has 16 heteroatoms. The molecular weight excluding hydrogens is 737 g/mol. The van der Waals surface area contributed by atoms with E-state index in [0.717, 1.165) is 17.2 Å². The number of ether oxygens (including phenoxy) is 1. The highest BCUT2D eigenvalue weighted by Gasteiger charge is 2.72. The van der Waals surface area contributed by atoms with Crippen molar-refractivity contribution in [3.63, 3.8) is 0 Å². The summed E-state index contributed by atoms with van der Waals surface area (Å²) in [5, 5.41) is 9.39. The second-order valence-electron chi connectivity index (χ2n) is 11.7. The summed E-state index contributed by atoms with van der Waals surface area (Å²) in [5.74, 6) is -0.659. The highest BCUT2D eigenvalue weighted by Crippen LogP contribution is 2.52. The number of benzene rings is 4. The summed E-state index contributed by atoms with van der Waals surface area (Å²) in [4.78, 5) is 0.388. The number of hydrogen-bond donors (Lipinski definition) is 1. The summed E-state index contributed by atoms with van der Waals surface area (Å²) in [7, 11) is -4.76. The van der Waals surface area contributed by atoms with Gasteiger partial charge in [-0.25, -0.2) is 8.42 Å². The first-order valence-corrected chi connectivity index (χ1v) is 17.4. The zero-order valence-corrected chi connectivity index (χ0v) is 28.2. The molecule has 0 atom stereocenters. The Morgan fingerprint density at radius 2 is 1.31 bits per heavy atom. The lowest BCUT2D eigenvalue weighted by molar-refractivity contribution is -0.377. The molecule has 0 saturated heterocycles. The van der Waals surface area contributed by atoms with E-state index in [1.165, 1.54) is 12.1 Å². The fourth-order valence-corrected chi connectivity index (χ4v) is 6.81. The van der Waals surface area contributed by atoms with Crippen LogP contribution in [0.2, 0.25) is 5.02 Å². The molecule has 0 radical (unpaired) electrons. The van der Waals surface area contributed by atoms with Gasteiger partial charge in [0.05, 0.1) is 22.1 Å². The normalized spacial score (nSPS) is 13.2. The highest BCUT2D eigenvalue weighted by atomic mass is 35.5. The second-order valence-corrected chi connectivity index (χ2v) is 14.1. The lowest BCUT2D eigenvalue weighted by atomic mass is 9.90. The summed E-state index contributed by atoms with van der Waals surface area (Å²) in [6.07, 6.45) is -16.8. The molecule has 0 unspecified atom stereocenters. The molecule has 0 amide bonds. The molecule has 0 heterocycles. The Morgan fingerprint density at radius 3 is 1.80 bits per heavy atom. The first kappa shape index (κ1) is 40.0. The standard InChI is InChI=1S/C35H31ClF9NO4S/c1-51(48,49)30-20-26(16-17-28(30)32(47,34(40,41)42)35(43,44)45)50-19-9-18-46(21-25-14-8-15-29(31(25)36)33(37,38)39)22-27(23-10-4-2-5-11-23)24-12-6-3-7-13-24/h2-8,10-17,20,27,47H,9,18-19,21-22H2,1H3. The Bertz CT molecular complexity index is 1830. The van der Waals surface area contributed by atoms with Crippen LogP contribution in [0.25, 0.3) is 0 Å². The van der Waals surface area contributed by atoms with Crippen molar-refractivity contribution in [1.82, 2.24) is 4.90 Å². The molecule has 4 aromatic carbocycles. The van der Waals surface area contributed by atoms with Crippen molar-refractivity contribution < 1.29 is 57.8 Å². The van der Waals surface area contributed by atoms with Gasteiger partial charge < -0.3 is 9.84 Å². The van der Waals surface area contributed by atoms with Crippen molar-refractivity contribution in [1.29, 1.82) is 0 Å². The van der Waals surface area contributed by atoms with E-state index in [-0.39, 0.29) is 50.2 Å². The Kier molecular flexibility index (Phi) is 12.1. The Hall–Kier alpha value is -3.79. The maximum atomic E-state index is 13.7. The van der Waals surface area contributed by atoms with E-state index in [1.54, 1.807) is 0 Å². The fourth-order valence-electron chi connectivity index (χ4n) is 5.57. The second kappa shape index (κ2) is 15.4. The molecule has 4 rings (SSSR count). The summed E-state index contributed by atoms with van der Waals surface area (Å²) < 4.78 is 153. The van der Waals surface area contributed by atoms with Gasteiger partial charge in [0.15, 0.2) is 9.84 Å². The third-order valence-electron chi connectivity index (χ3n) is 8.07. The van der Waals surface area contributed by atoms with Crippen molar-refractivity contribution in [2.75, 3.05) is 26.0 Å². The van der Waals surface area contributed by atoms with Crippen LogP contribution in [-0.2, 0) is 28.2 Å². The van der Waals surface area contributed by atoms with Crippen molar-refractivity contribution in [3.8, 4) is 5.75 Å². The lowest BCUT2D eigenvalue weighted by Crippen LogP contribution is -2.54. The van der Waals surface area contributed by atoms with E-state index in [4.69, 9.17) is 16.3 Å². The van der Waals surface area contributed by atoms with Crippen LogP contribution in [0.3, 0.4) is 0 Å². The molecule has 0 aromatic heterocycles. The molecule has 0 bridgehead atoms. The molecule has 1 N–H and O–H groups in total. The summed E-state index contributed by atoms with van der Waals surface area (Å²) in [6.45, 7) is 0.154. The number of alkyl halides is 9. The summed E-state index contributed by atoms with van der Waals surface area (Å²) in [5.41, 5.74) is -6.44. The zero-order chi connectivity index (χ0) is 37.8. The number of hydrogen-bond acceptors (Lipinski definition) is 5. The summed E-state index contributed by atoms with van der Waals surface area (Å²) in [6, 6.07) is 23.5. The first-order valence-electron chi connectivity index (χ1n) is 15.1. The fraction of sp³-hybridized carbons (Fsp3) is 0.314. The SMILES string of the molecule is CS(=O)(=O)c1cc(OCCCN(Cc2cccc(C(F)(F)F)c2Cl)CC(c2ccccc2)c2ccccc2)ccc1C(O)(C(F)(F)F)C(F)(F)F. The van der Waals surface area contributed by atoms with Crippen LogP contribution in [0, 0.1) is 0 Å². The number of nitrogens with zero attached hydrogens (tertiary/aromatic N) is 1. The molecular formula is C35H31ClF9NO4S. The van der Waals surface area contributed by atoms with Gasteiger partial charge >= 0.3 is 18.5 Å². The predicted molar refractivity (Wildman–Crippen MR) is 172 cm³/mol. The van der Waals surface area contributed by atoms with Crippen LogP contribution in [0.5, 0.6) is 5.75 Å². The lowest BCUT2D eigenvalue weighted by Gasteiger charge is -2.33. The van der Waals surface area contributed by atoms with Gasteiger partial charge in [0.2, 0.25) is 0 Å². The van der Waals surface area contributed by atoms with Crippen LogP contribution in [0.15, 0.2) is 102 Å². The van der Waals surface area contributed by atoms with E-state index in [0.29, 0.717) is 18.4 Å². The Balaban J connectivity index is 1.62. The van der Waals surface area contributed by atoms with Crippen LogP contribution < -0.4 is 4.74 Å². The summed E-state index contributed by atoms with van der Waals surface area (Å²) >= 11 is 6.22. The Labute approximate surface area is 293 Å². The van der Waals surface area contributed by atoms with Gasteiger partial charge in [-0.05, 0) is 41.3 Å². The van der Waals surface area contributed by atoms with Crippen molar-refractivity contribution in [3.05, 3.63) is 130 Å². The van der Waals surface area contributed by atoms with Crippen molar-refractivity contribution in [2.45, 2.75) is 47.9 Å². The molecule has 0 aliphatic heterocycles. The number of aliphatic hydroxyl groups is 1. The van der Waals surface area contributed by atoms with E-state index < -0.39 is 60.8 Å². The third kappa shape index (κ3) is 9.36. The molecule has 0 fully saturated rings. The average molecular weight is 768 g/mol. The van der Waals surface area contributed by atoms with Gasteiger partial charge in [-0.15, -0.1) is 0 Å². The smallest absolute Gasteiger partial charge is 0.430 e. The minimum absolute atomic E-state index is 0.0423. The minimum Gasteiger partial charge on any atom is -0.494 e. The molecule has 0 spiro atoms. The van der Waals surface area contributed by atoms with Crippen LogP contribution in [0.4, 0.5) is 39.5 Å². The first-order chi connectivity index (χ1) is 23.6. The molecule has 0 aliphatic carbocycles. The van der Waals surface area contributed by atoms with Crippen LogP contribution in [0.1, 0.15) is 40.2 Å². The van der Waals surface area contributed by atoms with Gasteiger partial charge in [0.25, 0.3) is 5.60 Å². The molecule has 51 heavy (non-hydrogen) atoms. The van der Waals surface area contributed by atoms with Gasteiger partial charge in [0, 0.05) is 37.4 Å². The van der Waals surface area contributed by atoms with Gasteiger partial charge in [-0.2, -0.15) is 39.5 Å². The maximum Gasteiger partial charge on any atom is 0.430 e. The molecule has 4 aromatic rings. The highest BCUT2D eigenvalue weighted by molar-refractivity contribution is 7.90. The monoisotopic (exact) mass is 767 g/mol.